The van der Waals surface area contributed by atoms with Crippen LogP contribution in [0, 0.1) is 5.82 Å². The summed E-state index contributed by atoms with van der Waals surface area (Å²) in [4.78, 5) is 17.1. The van der Waals surface area contributed by atoms with Crippen molar-refractivity contribution in [2.75, 3.05) is 11.8 Å². The van der Waals surface area contributed by atoms with Crippen molar-refractivity contribution in [3.05, 3.63) is 94.2 Å². The van der Waals surface area contributed by atoms with E-state index in [9.17, 15) is 17.6 Å². The fourth-order valence-electron chi connectivity index (χ4n) is 3.77. The van der Waals surface area contributed by atoms with Crippen LogP contribution in [0.3, 0.4) is 0 Å². The summed E-state index contributed by atoms with van der Waals surface area (Å²) in [6.45, 7) is 4.05. The Kier molecular flexibility index (Phi) is 8.43. The van der Waals surface area contributed by atoms with Crippen molar-refractivity contribution >= 4 is 32.8 Å². The number of nitrogens with one attached hydrogen (secondary N) is 1. The predicted molar refractivity (Wildman–Crippen MR) is 145 cm³/mol. The summed E-state index contributed by atoms with van der Waals surface area (Å²) in [5.41, 5.74) is 1.64. The van der Waals surface area contributed by atoms with Gasteiger partial charge in [-0.3, -0.25) is 9.52 Å². The molecule has 0 amide bonds. The van der Waals surface area contributed by atoms with Crippen LogP contribution in [-0.2, 0) is 27.7 Å². The summed E-state index contributed by atoms with van der Waals surface area (Å²) in [6, 6.07) is 15.5. The average Bonchev–Trinajstić information content (AvgIpc) is 3.39. The molecule has 0 aliphatic heterocycles. The smallest absolute Gasteiger partial charge is 0.261 e. The average molecular weight is 555 g/mol. The fourth-order valence-corrected chi connectivity index (χ4v) is 5.46. The lowest BCUT2D eigenvalue weighted by Gasteiger charge is -2.16. The van der Waals surface area contributed by atoms with Crippen LogP contribution in [0.25, 0.3) is 0 Å². The van der Waals surface area contributed by atoms with E-state index in [1.807, 2.05) is 13.8 Å². The first kappa shape index (κ1) is 27.3. The van der Waals surface area contributed by atoms with Crippen molar-refractivity contribution in [2.24, 2.45) is 0 Å². The predicted octanol–water partition coefficient (Wildman–Crippen LogP) is 6.36. The number of nitrogens with zero attached hydrogens (tertiary/aromatic N) is 1. The van der Waals surface area contributed by atoms with E-state index < -0.39 is 15.8 Å². The molecule has 1 heterocycles. The van der Waals surface area contributed by atoms with Gasteiger partial charge in [-0.2, -0.15) is 0 Å². The molecule has 1 aromatic heterocycles. The number of carbonyl (C=O) groups is 1. The van der Waals surface area contributed by atoms with Gasteiger partial charge in [-0.1, -0.05) is 32.0 Å². The van der Waals surface area contributed by atoms with Gasteiger partial charge in [0.05, 0.1) is 23.4 Å². The zero-order valence-corrected chi connectivity index (χ0v) is 22.7. The number of ketones is 1. The number of rotatable bonds is 11. The zero-order valence-electron chi connectivity index (χ0n) is 21.1. The molecule has 0 saturated heterocycles. The summed E-state index contributed by atoms with van der Waals surface area (Å²) in [6.07, 6.45) is 1.65. The molecule has 0 saturated carbocycles. The minimum atomic E-state index is -3.90. The van der Waals surface area contributed by atoms with Gasteiger partial charge >= 0.3 is 0 Å². The lowest BCUT2D eigenvalue weighted by molar-refractivity contribution is -0.117. The van der Waals surface area contributed by atoms with E-state index in [1.165, 1.54) is 48.8 Å². The first-order valence-corrected chi connectivity index (χ1v) is 14.2. The molecule has 198 valence electrons. The number of methoxy groups -OCH3 is 1. The minimum absolute atomic E-state index is 0.0790. The summed E-state index contributed by atoms with van der Waals surface area (Å²) in [5.74, 6) is -0.287. The third kappa shape index (κ3) is 6.56. The summed E-state index contributed by atoms with van der Waals surface area (Å²) in [5, 5.41) is 2.44. The number of para-hydroxylation sites is 1. The number of hydrogen-bond acceptors (Lipinski definition) is 7. The second kappa shape index (κ2) is 11.7. The highest BCUT2D eigenvalue weighted by Gasteiger charge is 2.19. The minimum Gasteiger partial charge on any atom is -0.493 e. The van der Waals surface area contributed by atoms with Gasteiger partial charge in [-0.25, -0.2) is 17.8 Å². The van der Waals surface area contributed by atoms with Crippen LogP contribution in [0.1, 0.15) is 35.9 Å². The third-order valence-electron chi connectivity index (χ3n) is 5.75. The van der Waals surface area contributed by atoms with Gasteiger partial charge in [0.2, 0.25) is 5.75 Å². The largest absolute Gasteiger partial charge is 0.493 e. The Morgan fingerprint density at radius 3 is 2.47 bits per heavy atom. The Balaban J connectivity index is 1.65. The zero-order chi connectivity index (χ0) is 27.3. The number of carbonyl (C=O) groups excluding carboxylic acids is 1. The number of thiazole rings is 1. The van der Waals surface area contributed by atoms with Crippen LogP contribution in [0.5, 0.6) is 17.2 Å². The first-order valence-electron chi connectivity index (χ1n) is 11.8. The molecule has 0 fully saturated rings. The van der Waals surface area contributed by atoms with Gasteiger partial charge in [0.25, 0.3) is 10.0 Å². The normalized spacial score (nSPS) is 11.4. The van der Waals surface area contributed by atoms with E-state index in [1.54, 1.807) is 41.9 Å². The fraction of sp³-hybridized carbons (Fsp3) is 0.214. The molecular weight excluding hydrogens is 527 g/mol. The van der Waals surface area contributed by atoms with Crippen LogP contribution < -0.4 is 14.2 Å². The van der Waals surface area contributed by atoms with E-state index in [2.05, 4.69) is 9.71 Å². The standard InChI is InChI=1S/C28H27FN2O5S2/c1-18(2)19-7-10-23(11-8-19)38(33,34)31-21-9-12-25(36-28-24(29)5-4-6-26(28)35-3)20(15-21)16-22(32)17-27-30-13-14-37-27/h4-15,18,31H,16-17H2,1-3H3. The highest BCUT2D eigenvalue weighted by Crippen LogP contribution is 2.37. The van der Waals surface area contributed by atoms with Crippen LogP contribution in [0.2, 0.25) is 0 Å². The second-order valence-electron chi connectivity index (χ2n) is 8.84. The summed E-state index contributed by atoms with van der Waals surface area (Å²) in [7, 11) is -2.50. The topological polar surface area (TPSA) is 94.6 Å². The number of halogens is 1. The quantitative estimate of drug-likeness (QED) is 0.232. The summed E-state index contributed by atoms with van der Waals surface area (Å²) >= 11 is 1.37. The van der Waals surface area contributed by atoms with Gasteiger partial charge in [-0.15, -0.1) is 11.3 Å². The molecule has 0 atom stereocenters. The third-order valence-corrected chi connectivity index (χ3v) is 7.93. The Hall–Kier alpha value is -3.76. The van der Waals surface area contributed by atoms with E-state index in [0.717, 1.165) is 5.56 Å². The number of sulfonamides is 1. The maximum atomic E-state index is 14.6. The Bertz CT molecular complexity index is 1520. The highest BCUT2D eigenvalue weighted by molar-refractivity contribution is 7.92. The molecule has 4 aromatic rings. The monoisotopic (exact) mass is 554 g/mol. The number of ether oxygens (including phenoxy) is 2. The number of anilines is 1. The molecule has 3 aromatic carbocycles. The lowest BCUT2D eigenvalue weighted by atomic mass is 10.0. The van der Waals surface area contributed by atoms with E-state index in [4.69, 9.17) is 9.47 Å². The molecule has 10 heteroatoms. The Labute approximate surface area is 225 Å². The van der Waals surface area contributed by atoms with E-state index in [-0.39, 0.29) is 52.4 Å². The molecule has 7 nitrogen and oxygen atoms in total. The number of benzene rings is 3. The number of aromatic nitrogens is 1. The molecule has 4 rings (SSSR count). The molecule has 1 N–H and O–H groups in total. The molecule has 0 aliphatic carbocycles. The van der Waals surface area contributed by atoms with Crippen molar-refractivity contribution in [2.45, 2.75) is 37.5 Å². The van der Waals surface area contributed by atoms with Crippen molar-refractivity contribution in [1.29, 1.82) is 0 Å². The number of hydrogen-bond donors (Lipinski definition) is 1. The van der Waals surface area contributed by atoms with Crippen LogP contribution in [-0.4, -0.2) is 26.3 Å². The van der Waals surface area contributed by atoms with Crippen LogP contribution in [0.4, 0.5) is 10.1 Å². The SMILES string of the molecule is COc1cccc(F)c1Oc1ccc(NS(=O)(=O)c2ccc(C(C)C)cc2)cc1CC(=O)Cc1nccs1. The van der Waals surface area contributed by atoms with E-state index in [0.29, 0.717) is 10.6 Å². The Morgan fingerprint density at radius 2 is 1.82 bits per heavy atom. The molecular formula is C28H27FN2O5S2. The van der Waals surface area contributed by atoms with Gasteiger partial charge in [0, 0.05) is 29.2 Å². The van der Waals surface area contributed by atoms with Gasteiger partial charge in [0.15, 0.2) is 11.6 Å². The Morgan fingerprint density at radius 1 is 1.05 bits per heavy atom. The molecule has 0 aliphatic rings. The maximum Gasteiger partial charge on any atom is 0.261 e. The van der Waals surface area contributed by atoms with Crippen molar-refractivity contribution < 1.29 is 27.1 Å². The van der Waals surface area contributed by atoms with Gasteiger partial charge < -0.3 is 9.47 Å². The van der Waals surface area contributed by atoms with Crippen LogP contribution in [0.15, 0.2) is 77.1 Å². The van der Waals surface area contributed by atoms with Gasteiger partial charge in [-0.05, 0) is 53.9 Å². The van der Waals surface area contributed by atoms with Crippen molar-refractivity contribution in [3.8, 4) is 17.2 Å². The molecule has 0 radical (unpaired) electrons. The molecule has 0 spiro atoms. The highest BCUT2D eigenvalue weighted by atomic mass is 32.2. The molecule has 38 heavy (non-hydrogen) atoms. The molecule has 0 unspecified atom stereocenters. The summed E-state index contributed by atoms with van der Waals surface area (Å²) < 4.78 is 54.3. The lowest BCUT2D eigenvalue weighted by Crippen LogP contribution is -2.14. The van der Waals surface area contributed by atoms with Crippen molar-refractivity contribution in [3.63, 3.8) is 0 Å². The molecule has 0 bridgehead atoms. The van der Waals surface area contributed by atoms with Crippen molar-refractivity contribution in [1.82, 2.24) is 4.98 Å². The second-order valence-corrected chi connectivity index (χ2v) is 11.5. The first-order chi connectivity index (χ1) is 18.2. The maximum absolute atomic E-state index is 14.6. The number of Topliss-reactive ketones (excluding diaryl/α,β-unsaturated/α-hetero) is 1. The van der Waals surface area contributed by atoms with Crippen LogP contribution >= 0.6 is 11.3 Å². The van der Waals surface area contributed by atoms with E-state index >= 15 is 0 Å². The van der Waals surface area contributed by atoms with Gasteiger partial charge in [0.1, 0.15) is 11.5 Å².